The van der Waals surface area contributed by atoms with Gasteiger partial charge in [0.2, 0.25) is 0 Å². The Labute approximate surface area is 71.9 Å². The number of nitrogens with one attached hydrogen (secondary N) is 1. The Balaban J connectivity index is 2.58. The van der Waals surface area contributed by atoms with E-state index in [0.717, 1.165) is 6.42 Å². The van der Waals surface area contributed by atoms with E-state index in [4.69, 9.17) is 0 Å². The number of rotatable bonds is 0. The largest absolute Gasteiger partial charge is 0.351 e. The molecule has 1 aliphatic heterocycles. The first-order valence-electron chi connectivity index (χ1n) is 4.12. The van der Waals surface area contributed by atoms with Gasteiger partial charge in [-0.15, -0.1) is 0 Å². The maximum Gasteiger partial charge on any atom is 0.312 e. The van der Waals surface area contributed by atoms with Gasteiger partial charge in [-0.25, -0.2) is 0 Å². The zero-order valence-electron chi connectivity index (χ0n) is 7.63. The predicted molar refractivity (Wildman–Crippen MR) is 44.5 cm³/mol. The Morgan fingerprint density at radius 1 is 1.33 bits per heavy atom. The van der Waals surface area contributed by atoms with E-state index in [1.807, 2.05) is 13.8 Å². The van der Waals surface area contributed by atoms with E-state index in [-0.39, 0.29) is 12.1 Å². The zero-order valence-corrected chi connectivity index (χ0v) is 7.63. The molecule has 1 aliphatic rings. The molecular weight excluding hydrogens is 156 g/mol. The first-order chi connectivity index (χ1) is 5.57. The average molecular weight is 170 g/mol. The van der Waals surface area contributed by atoms with Crippen LogP contribution in [0.15, 0.2) is 0 Å². The maximum absolute atomic E-state index is 11.3. The van der Waals surface area contributed by atoms with Crippen LogP contribution in [0.25, 0.3) is 0 Å². The summed E-state index contributed by atoms with van der Waals surface area (Å²) < 4.78 is 0. The van der Waals surface area contributed by atoms with Gasteiger partial charge >= 0.3 is 11.8 Å². The highest BCUT2D eigenvalue weighted by Gasteiger charge is 2.38. The van der Waals surface area contributed by atoms with Gasteiger partial charge in [-0.3, -0.25) is 9.59 Å². The van der Waals surface area contributed by atoms with Crippen LogP contribution < -0.4 is 5.32 Å². The van der Waals surface area contributed by atoms with E-state index >= 15 is 0 Å². The van der Waals surface area contributed by atoms with E-state index in [1.54, 1.807) is 4.90 Å². The van der Waals surface area contributed by atoms with Crippen LogP contribution in [0.5, 0.6) is 0 Å². The molecule has 0 radical (unpaired) electrons. The molecule has 68 valence electrons. The van der Waals surface area contributed by atoms with Crippen molar-refractivity contribution in [3.05, 3.63) is 0 Å². The van der Waals surface area contributed by atoms with Gasteiger partial charge in [0.25, 0.3) is 0 Å². The van der Waals surface area contributed by atoms with Gasteiger partial charge in [0.15, 0.2) is 0 Å². The standard InChI is InChI=1S/C8H14N2O2/c1-5-4-6(2)10(5)8(12)7(11)9-3/h5-6H,4H2,1-3H3,(H,9,11). The topological polar surface area (TPSA) is 49.4 Å². The summed E-state index contributed by atoms with van der Waals surface area (Å²) in [5.74, 6) is -0.933. The van der Waals surface area contributed by atoms with E-state index in [9.17, 15) is 9.59 Å². The molecule has 0 saturated carbocycles. The van der Waals surface area contributed by atoms with Crippen molar-refractivity contribution in [2.45, 2.75) is 32.4 Å². The second kappa shape index (κ2) is 3.13. The molecule has 0 aromatic carbocycles. The molecular formula is C8H14N2O2. The fourth-order valence-corrected chi connectivity index (χ4v) is 1.64. The minimum atomic E-state index is -0.520. The number of amides is 2. The summed E-state index contributed by atoms with van der Waals surface area (Å²) in [7, 11) is 1.47. The van der Waals surface area contributed by atoms with E-state index in [2.05, 4.69) is 5.32 Å². The van der Waals surface area contributed by atoms with Gasteiger partial charge in [0, 0.05) is 19.1 Å². The van der Waals surface area contributed by atoms with Crippen molar-refractivity contribution < 1.29 is 9.59 Å². The van der Waals surface area contributed by atoms with Gasteiger partial charge in [-0.2, -0.15) is 0 Å². The molecule has 0 aromatic rings. The number of carbonyl (C=O) groups excluding carboxylic acids is 2. The lowest BCUT2D eigenvalue weighted by atomic mass is 9.95. The summed E-state index contributed by atoms with van der Waals surface area (Å²) in [6.07, 6.45) is 0.989. The smallest absolute Gasteiger partial charge is 0.312 e. The second-order valence-electron chi connectivity index (χ2n) is 3.23. The molecule has 2 unspecified atom stereocenters. The summed E-state index contributed by atoms with van der Waals surface area (Å²) in [5, 5.41) is 2.32. The molecule has 4 heteroatoms. The first-order valence-corrected chi connectivity index (χ1v) is 4.12. The predicted octanol–water partition coefficient (Wildman–Crippen LogP) is -0.258. The minimum Gasteiger partial charge on any atom is -0.351 e. The van der Waals surface area contributed by atoms with Crippen molar-refractivity contribution in [3.8, 4) is 0 Å². The summed E-state index contributed by atoms with van der Waals surface area (Å²) in [4.78, 5) is 23.8. The Morgan fingerprint density at radius 2 is 1.83 bits per heavy atom. The van der Waals surface area contributed by atoms with Crippen molar-refractivity contribution in [1.29, 1.82) is 0 Å². The fraction of sp³-hybridized carbons (Fsp3) is 0.750. The lowest BCUT2D eigenvalue weighted by Crippen LogP contribution is -2.59. The molecule has 2 amide bonds. The second-order valence-corrected chi connectivity index (χ2v) is 3.23. The molecule has 4 nitrogen and oxygen atoms in total. The highest BCUT2D eigenvalue weighted by atomic mass is 16.2. The summed E-state index contributed by atoms with van der Waals surface area (Å²) in [6.45, 7) is 3.89. The number of carbonyl (C=O) groups is 2. The molecule has 2 atom stereocenters. The van der Waals surface area contributed by atoms with Crippen LogP contribution >= 0.6 is 0 Å². The molecule has 1 heterocycles. The number of nitrogens with zero attached hydrogens (tertiary/aromatic N) is 1. The summed E-state index contributed by atoms with van der Waals surface area (Å²) in [5.41, 5.74) is 0. The SMILES string of the molecule is CNC(=O)C(=O)N1C(C)CC1C. The third kappa shape index (κ3) is 1.29. The third-order valence-electron chi connectivity index (χ3n) is 2.29. The van der Waals surface area contributed by atoms with E-state index in [0.29, 0.717) is 0 Å². The molecule has 1 fully saturated rings. The number of hydrogen-bond acceptors (Lipinski definition) is 2. The van der Waals surface area contributed by atoms with Gasteiger partial charge in [-0.05, 0) is 20.3 Å². The van der Waals surface area contributed by atoms with Crippen LogP contribution in [-0.4, -0.2) is 35.8 Å². The minimum absolute atomic E-state index is 0.213. The first kappa shape index (κ1) is 9.03. The summed E-state index contributed by atoms with van der Waals surface area (Å²) in [6, 6.07) is 0.426. The van der Waals surface area contributed by atoms with Crippen molar-refractivity contribution >= 4 is 11.8 Å². The lowest BCUT2D eigenvalue weighted by molar-refractivity contribution is -0.153. The fourth-order valence-electron chi connectivity index (χ4n) is 1.64. The molecule has 0 aliphatic carbocycles. The van der Waals surface area contributed by atoms with Crippen molar-refractivity contribution in [3.63, 3.8) is 0 Å². The Hall–Kier alpha value is -1.06. The molecule has 1 N–H and O–H groups in total. The highest BCUT2D eigenvalue weighted by molar-refractivity contribution is 6.35. The van der Waals surface area contributed by atoms with Crippen LogP contribution in [0, 0.1) is 0 Å². The quantitative estimate of drug-likeness (QED) is 0.509. The van der Waals surface area contributed by atoms with Crippen LogP contribution in [-0.2, 0) is 9.59 Å². The average Bonchev–Trinajstić information content (AvgIpc) is 2.02. The number of likely N-dealkylation sites (N-methyl/N-ethyl adjacent to an activating group) is 1. The molecule has 0 aromatic heterocycles. The molecule has 0 bridgehead atoms. The molecule has 12 heavy (non-hydrogen) atoms. The van der Waals surface area contributed by atoms with Crippen LogP contribution in [0.4, 0.5) is 0 Å². The summed E-state index contributed by atoms with van der Waals surface area (Å²) >= 11 is 0. The van der Waals surface area contributed by atoms with Gasteiger partial charge in [0.05, 0.1) is 0 Å². The van der Waals surface area contributed by atoms with Gasteiger partial charge in [-0.1, -0.05) is 0 Å². The van der Waals surface area contributed by atoms with Crippen molar-refractivity contribution in [2.75, 3.05) is 7.05 Å². The molecule has 1 saturated heterocycles. The lowest BCUT2D eigenvalue weighted by Gasteiger charge is -2.44. The van der Waals surface area contributed by atoms with Crippen LogP contribution in [0.2, 0.25) is 0 Å². The zero-order chi connectivity index (χ0) is 9.30. The third-order valence-corrected chi connectivity index (χ3v) is 2.29. The number of hydrogen-bond donors (Lipinski definition) is 1. The normalized spacial score (nSPS) is 27.8. The van der Waals surface area contributed by atoms with Crippen LogP contribution in [0.3, 0.4) is 0 Å². The van der Waals surface area contributed by atoms with E-state index in [1.165, 1.54) is 7.05 Å². The Morgan fingerprint density at radius 3 is 2.17 bits per heavy atom. The van der Waals surface area contributed by atoms with Gasteiger partial charge < -0.3 is 10.2 Å². The Kier molecular flexibility index (Phi) is 2.35. The highest BCUT2D eigenvalue weighted by Crippen LogP contribution is 2.24. The maximum atomic E-state index is 11.3. The van der Waals surface area contributed by atoms with Crippen molar-refractivity contribution in [1.82, 2.24) is 10.2 Å². The van der Waals surface area contributed by atoms with Crippen molar-refractivity contribution in [2.24, 2.45) is 0 Å². The monoisotopic (exact) mass is 170 g/mol. The molecule has 1 rings (SSSR count). The Bertz CT molecular complexity index is 207. The van der Waals surface area contributed by atoms with Gasteiger partial charge in [0.1, 0.15) is 0 Å². The number of likely N-dealkylation sites (tertiary alicyclic amines) is 1. The molecule has 0 spiro atoms. The van der Waals surface area contributed by atoms with Crippen LogP contribution in [0.1, 0.15) is 20.3 Å². The van der Waals surface area contributed by atoms with E-state index < -0.39 is 11.8 Å².